The smallest absolute Gasteiger partial charge is 0.305 e. The quantitative estimate of drug-likeness (QED) is 0.646. The highest BCUT2D eigenvalue weighted by Crippen LogP contribution is 2.19. The van der Waals surface area contributed by atoms with Crippen LogP contribution in [0.3, 0.4) is 0 Å². The Morgan fingerprint density at radius 3 is 2.81 bits per heavy atom. The van der Waals surface area contributed by atoms with E-state index in [-0.39, 0.29) is 5.97 Å². The first-order chi connectivity index (χ1) is 7.61. The standard InChI is InChI=1S/C12H23NO3/c1-10-6-7-11(16-10)9-13(2)8-4-5-12(14)15-3/h10-11H,4-9H2,1-3H3. The van der Waals surface area contributed by atoms with Gasteiger partial charge in [-0.25, -0.2) is 0 Å². The summed E-state index contributed by atoms with van der Waals surface area (Å²) in [4.78, 5) is 13.1. The molecule has 0 amide bonds. The summed E-state index contributed by atoms with van der Waals surface area (Å²) in [5.74, 6) is -0.126. The number of nitrogens with zero attached hydrogens (tertiary/aromatic N) is 1. The lowest BCUT2D eigenvalue weighted by Gasteiger charge is -2.20. The lowest BCUT2D eigenvalue weighted by Crippen LogP contribution is -2.30. The van der Waals surface area contributed by atoms with E-state index in [9.17, 15) is 4.79 Å². The second-order valence-corrected chi connectivity index (χ2v) is 4.59. The number of hydrogen-bond acceptors (Lipinski definition) is 4. The monoisotopic (exact) mass is 229 g/mol. The van der Waals surface area contributed by atoms with Crippen molar-refractivity contribution < 1.29 is 14.3 Å². The van der Waals surface area contributed by atoms with E-state index in [4.69, 9.17) is 4.74 Å². The number of rotatable bonds is 6. The number of hydrogen-bond donors (Lipinski definition) is 0. The van der Waals surface area contributed by atoms with Gasteiger partial charge in [0.25, 0.3) is 0 Å². The minimum atomic E-state index is -0.126. The van der Waals surface area contributed by atoms with Crippen molar-refractivity contribution in [3.63, 3.8) is 0 Å². The van der Waals surface area contributed by atoms with Gasteiger partial charge in [0, 0.05) is 13.0 Å². The molecule has 0 aliphatic carbocycles. The molecule has 0 aromatic carbocycles. The van der Waals surface area contributed by atoms with Crippen LogP contribution in [0.25, 0.3) is 0 Å². The van der Waals surface area contributed by atoms with Gasteiger partial charge < -0.3 is 14.4 Å². The Morgan fingerprint density at radius 1 is 1.50 bits per heavy atom. The van der Waals surface area contributed by atoms with Crippen molar-refractivity contribution in [2.75, 3.05) is 27.2 Å². The van der Waals surface area contributed by atoms with Gasteiger partial charge in [-0.2, -0.15) is 0 Å². The third-order valence-corrected chi connectivity index (χ3v) is 2.98. The van der Waals surface area contributed by atoms with Gasteiger partial charge in [0.2, 0.25) is 0 Å². The SMILES string of the molecule is COC(=O)CCCN(C)CC1CCC(C)O1. The van der Waals surface area contributed by atoms with Crippen molar-refractivity contribution in [3.05, 3.63) is 0 Å². The minimum Gasteiger partial charge on any atom is -0.469 e. The zero-order valence-corrected chi connectivity index (χ0v) is 10.6. The van der Waals surface area contributed by atoms with Crippen LogP contribution in [-0.4, -0.2) is 50.3 Å². The summed E-state index contributed by atoms with van der Waals surface area (Å²) in [5, 5.41) is 0. The van der Waals surface area contributed by atoms with Crippen LogP contribution in [-0.2, 0) is 14.3 Å². The Bertz CT molecular complexity index is 220. The Morgan fingerprint density at radius 2 is 2.25 bits per heavy atom. The molecule has 1 saturated heterocycles. The van der Waals surface area contributed by atoms with E-state index in [2.05, 4.69) is 23.6 Å². The summed E-state index contributed by atoms with van der Waals surface area (Å²) in [6, 6.07) is 0. The summed E-state index contributed by atoms with van der Waals surface area (Å²) < 4.78 is 10.3. The fourth-order valence-electron chi connectivity index (χ4n) is 2.05. The van der Waals surface area contributed by atoms with Gasteiger partial charge in [-0.05, 0) is 39.8 Å². The number of ether oxygens (including phenoxy) is 2. The van der Waals surface area contributed by atoms with Gasteiger partial charge in [0.1, 0.15) is 0 Å². The molecule has 4 heteroatoms. The van der Waals surface area contributed by atoms with E-state index in [1.165, 1.54) is 13.5 Å². The molecule has 16 heavy (non-hydrogen) atoms. The summed E-state index contributed by atoms with van der Waals surface area (Å²) in [6.45, 7) is 4.01. The molecule has 4 nitrogen and oxygen atoms in total. The lowest BCUT2D eigenvalue weighted by atomic mass is 10.2. The van der Waals surface area contributed by atoms with Gasteiger partial charge in [-0.15, -0.1) is 0 Å². The molecule has 1 aliphatic rings. The van der Waals surface area contributed by atoms with Crippen LogP contribution in [0.4, 0.5) is 0 Å². The third kappa shape index (κ3) is 4.94. The lowest BCUT2D eigenvalue weighted by molar-refractivity contribution is -0.140. The molecule has 0 bridgehead atoms. The largest absolute Gasteiger partial charge is 0.469 e. The van der Waals surface area contributed by atoms with Crippen LogP contribution in [0.2, 0.25) is 0 Å². The third-order valence-electron chi connectivity index (χ3n) is 2.98. The fourth-order valence-corrected chi connectivity index (χ4v) is 2.05. The van der Waals surface area contributed by atoms with Crippen LogP contribution in [0.1, 0.15) is 32.6 Å². The van der Waals surface area contributed by atoms with E-state index in [0.29, 0.717) is 18.6 Å². The Kier molecular flexibility index (Phi) is 5.77. The van der Waals surface area contributed by atoms with Crippen LogP contribution in [0.5, 0.6) is 0 Å². The Hall–Kier alpha value is -0.610. The number of esters is 1. The average molecular weight is 229 g/mol. The van der Waals surface area contributed by atoms with Crippen LogP contribution in [0.15, 0.2) is 0 Å². The highest BCUT2D eigenvalue weighted by Gasteiger charge is 2.22. The molecular weight excluding hydrogens is 206 g/mol. The normalized spacial score (nSPS) is 25.0. The number of likely N-dealkylation sites (N-methyl/N-ethyl adjacent to an activating group) is 1. The fraction of sp³-hybridized carbons (Fsp3) is 0.917. The minimum absolute atomic E-state index is 0.126. The maximum atomic E-state index is 10.9. The van der Waals surface area contributed by atoms with Crippen LogP contribution in [0, 0.1) is 0 Å². The zero-order chi connectivity index (χ0) is 12.0. The molecular formula is C12H23NO3. The molecule has 0 aromatic heterocycles. The highest BCUT2D eigenvalue weighted by atomic mass is 16.5. The topological polar surface area (TPSA) is 38.8 Å². The molecule has 1 fully saturated rings. The van der Waals surface area contributed by atoms with Gasteiger partial charge in [0.05, 0.1) is 19.3 Å². The van der Waals surface area contributed by atoms with E-state index in [1.54, 1.807) is 0 Å². The summed E-state index contributed by atoms with van der Waals surface area (Å²) >= 11 is 0. The first kappa shape index (κ1) is 13.5. The first-order valence-corrected chi connectivity index (χ1v) is 6.02. The molecule has 0 aromatic rings. The number of methoxy groups -OCH3 is 1. The predicted molar refractivity (Wildman–Crippen MR) is 62.3 cm³/mol. The molecule has 0 N–H and O–H groups in total. The van der Waals surface area contributed by atoms with E-state index in [0.717, 1.165) is 25.9 Å². The summed E-state index contributed by atoms with van der Waals surface area (Å²) in [7, 11) is 3.50. The maximum Gasteiger partial charge on any atom is 0.305 e. The molecule has 1 rings (SSSR count). The van der Waals surface area contributed by atoms with E-state index in [1.807, 2.05) is 0 Å². The van der Waals surface area contributed by atoms with Crippen LogP contribution < -0.4 is 0 Å². The molecule has 0 saturated carbocycles. The van der Waals surface area contributed by atoms with E-state index < -0.39 is 0 Å². The molecule has 2 unspecified atom stereocenters. The average Bonchev–Trinajstić information content (AvgIpc) is 2.63. The zero-order valence-electron chi connectivity index (χ0n) is 10.6. The van der Waals surface area contributed by atoms with Crippen molar-refractivity contribution in [1.29, 1.82) is 0 Å². The predicted octanol–water partition coefficient (Wildman–Crippen LogP) is 1.44. The van der Waals surface area contributed by atoms with Gasteiger partial charge >= 0.3 is 5.97 Å². The number of carbonyl (C=O) groups is 1. The van der Waals surface area contributed by atoms with Crippen LogP contribution >= 0.6 is 0 Å². The molecule has 0 spiro atoms. The van der Waals surface area contributed by atoms with Gasteiger partial charge in [-0.3, -0.25) is 4.79 Å². The van der Waals surface area contributed by atoms with E-state index >= 15 is 0 Å². The van der Waals surface area contributed by atoms with Crippen molar-refractivity contribution >= 4 is 5.97 Å². The molecule has 2 atom stereocenters. The summed E-state index contributed by atoms with van der Waals surface area (Å²) in [5.41, 5.74) is 0. The number of carbonyl (C=O) groups excluding carboxylic acids is 1. The summed E-state index contributed by atoms with van der Waals surface area (Å²) in [6.07, 6.45) is 4.46. The van der Waals surface area contributed by atoms with Crippen molar-refractivity contribution in [3.8, 4) is 0 Å². The second kappa shape index (κ2) is 6.86. The maximum absolute atomic E-state index is 10.9. The second-order valence-electron chi connectivity index (χ2n) is 4.59. The van der Waals surface area contributed by atoms with Crippen molar-refractivity contribution in [2.45, 2.75) is 44.8 Å². The van der Waals surface area contributed by atoms with Gasteiger partial charge in [0.15, 0.2) is 0 Å². The molecule has 0 radical (unpaired) electrons. The first-order valence-electron chi connectivity index (χ1n) is 6.02. The van der Waals surface area contributed by atoms with Gasteiger partial charge in [-0.1, -0.05) is 0 Å². The molecule has 1 aliphatic heterocycles. The Balaban J connectivity index is 2.06. The highest BCUT2D eigenvalue weighted by molar-refractivity contribution is 5.69. The van der Waals surface area contributed by atoms with Crippen molar-refractivity contribution in [1.82, 2.24) is 4.90 Å². The molecule has 1 heterocycles. The molecule has 94 valence electrons. The van der Waals surface area contributed by atoms with Crippen molar-refractivity contribution in [2.24, 2.45) is 0 Å². The Labute approximate surface area is 97.9 Å².